The van der Waals surface area contributed by atoms with Crippen LogP contribution in [-0.4, -0.2) is 172 Å². The Kier molecular flexibility index (Phi) is 32.9. The average molecular weight is 2100 g/mol. The molecule has 0 spiro atoms. The highest BCUT2D eigenvalue weighted by Gasteiger charge is 2.42. The van der Waals surface area contributed by atoms with Gasteiger partial charge >= 0.3 is 30.5 Å². The molecule has 8 heterocycles. The van der Waals surface area contributed by atoms with Crippen molar-refractivity contribution in [3.63, 3.8) is 0 Å². The number of likely N-dealkylation sites (N-methyl/N-ethyl adjacent to an activating group) is 1. The van der Waals surface area contributed by atoms with Gasteiger partial charge in [-0.2, -0.15) is 0 Å². The number of amides is 7. The van der Waals surface area contributed by atoms with E-state index in [1.54, 1.807) is 135 Å². The summed E-state index contributed by atoms with van der Waals surface area (Å²) in [5.74, 6) is 2.31. The number of para-hydroxylation sites is 1. The third-order valence-corrected chi connectivity index (χ3v) is 27.0. The fourth-order valence-electron chi connectivity index (χ4n) is 18.5. The van der Waals surface area contributed by atoms with E-state index in [0.29, 0.717) is 134 Å². The summed E-state index contributed by atoms with van der Waals surface area (Å²) in [6.07, 6.45) is 1.10. The van der Waals surface area contributed by atoms with Gasteiger partial charge in [-0.3, -0.25) is 34.5 Å². The molecule has 20 rings (SSSR count). The fourth-order valence-corrected chi connectivity index (χ4v) is 19.6. The van der Waals surface area contributed by atoms with Crippen molar-refractivity contribution in [1.82, 2.24) is 49.3 Å². The van der Waals surface area contributed by atoms with Crippen LogP contribution in [0, 0.1) is 5.92 Å². The second kappa shape index (κ2) is 46.5. The smallest absolute Gasteiger partial charge is 0.416 e. The van der Waals surface area contributed by atoms with Gasteiger partial charge in [0, 0.05) is 157 Å². The molecule has 0 radical (unpaired) electrons. The zero-order valence-corrected chi connectivity index (χ0v) is 86.4. The number of carbonyl (C=O) groups excluding carboxylic acids is 7. The Hall–Kier alpha value is -14.2. The van der Waals surface area contributed by atoms with Crippen LogP contribution < -0.4 is 39.6 Å². The molecular weight excluding hydrogens is 2000 g/mol. The van der Waals surface area contributed by atoms with Crippen LogP contribution in [0.4, 0.5) is 41.0 Å². The van der Waals surface area contributed by atoms with Gasteiger partial charge in [0.2, 0.25) is 11.8 Å². The van der Waals surface area contributed by atoms with Gasteiger partial charge in [0.25, 0.3) is 0 Å². The molecule has 26 nitrogen and oxygen atoms in total. The number of nitrogens with zero attached hydrogens (tertiary/aromatic N) is 6. The van der Waals surface area contributed by atoms with Crippen molar-refractivity contribution in [2.45, 2.75) is 90.1 Å². The molecule has 33 heteroatoms. The summed E-state index contributed by atoms with van der Waals surface area (Å²) in [6, 6.07) is 81.2. The molecule has 0 bridgehead atoms. The first-order chi connectivity index (χ1) is 70.3. The van der Waals surface area contributed by atoms with Crippen LogP contribution >= 0.6 is 81.2 Å². The van der Waals surface area contributed by atoms with E-state index in [2.05, 4.69) is 54.9 Å². The fraction of sp³-hybridized carbons (Fsp3) is 0.230. The third-order valence-electron chi connectivity index (χ3n) is 25.3. The molecule has 7 N–H and O–H groups in total. The second-order valence-electron chi connectivity index (χ2n) is 36.8. The molecule has 4 aromatic heterocycles. The molecular formula is C113H106Cl7N13O13. The topological polar surface area (TPSA) is 294 Å². The van der Waals surface area contributed by atoms with E-state index in [1.165, 1.54) is 5.56 Å². The van der Waals surface area contributed by atoms with Crippen molar-refractivity contribution < 1.29 is 62.0 Å². The molecule has 12 aromatic carbocycles. The van der Waals surface area contributed by atoms with Gasteiger partial charge in [-0.1, -0.05) is 162 Å². The highest BCUT2D eigenvalue weighted by atomic mass is 35.5. The van der Waals surface area contributed by atoms with Crippen molar-refractivity contribution in [1.29, 1.82) is 0 Å². The molecule has 4 atom stereocenters. The third kappa shape index (κ3) is 24.8. The number of aromatic amines is 4. The van der Waals surface area contributed by atoms with E-state index in [1.807, 2.05) is 204 Å². The number of hydrogen-bond donors (Lipinski definition) is 7. The van der Waals surface area contributed by atoms with E-state index >= 15 is 0 Å². The van der Waals surface area contributed by atoms with Gasteiger partial charge in [0.15, 0.2) is 0 Å². The first kappa shape index (κ1) is 103. The predicted molar refractivity (Wildman–Crippen MR) is 577 cm³/mol. The first-order valence-electron chi connectivity index (χ1n) is 47.7. The number of hydrogen-bond acceptors (Lipinski definition) is 15. The number of rotatable bonds is 20. The average Bonchev–Trinajstić information content (AvgIpc) is 1.60. The maximum atomic E-state index is 13.4. The van der Waals surface area contributed by atoms with E-state index < -0.39 is 42.5 Å². The molecule has 16 aromatic rings. The Morgan fingerprint density at radius 3 is 0.932 bits per heavy atom. The maximum absolute atomic E-state index is 13.4. The minimum atomic E-state index is -0.525. The van der Waals surface area contributed by atoms with Crippen LogP contribution in [0.3, 0.4) is 0 Å². The number of anilines is 3. The van der Waals surface area contributed by atoms with Crippen LogP contribution in [-0.2, 0) is 40.0 Å². The largest absolute Gasteiger partial charge is 0.494 e. The number of halogens is 7. The van der Waals surface area contributed by atoms with Gasteiger partial charge < -0.3 is 68.8 Å². The van der Waals surface area contributed by atoms with Gasteiger partial charge in [-0.25, -0.2) is 24.0 Å². The van der Waals surface area contributed by atoms with Gasteiger partial charge in [0.1, 0.15) is 52.9 Å². The quantitative estimate of drug-likeness (QED) is 0.0349. The molecule has 750 valence electrons. The number of H-pyrrole nitrogens is 4. The molecule has 146 heavy (non-hydrogen) atoms. The Bertz CT molecular complexity index is 7190. The number of fused-ring (bicyclic) bond motifs is 12. The molecule has 7 amide bonds. The Morgan fingerprint density at radius 2 is 0.630 bits per heavy atom. The minimum Gasteiger partial charge on any atom is -0.494 e. The Balaban J connectivity index is 0.000000133. The summed E-state index contributed by atoms with van der Waals surface area (Å²) in [5, 5.41) is 17.1. The van der Waals surface area contributed by atoms with Gasteiger partial charge in [0.05, 0.1) is 19.3 Å². The van der Waals surface area contributed by atoms with Crippen LogP contribution in [0.1, 0.15) is 126 Å². The highest BCUT2D eigenvalue weighted by molar-refractivity contribution is 6.33. The van der Waals surface area contributed by atoms with Gasteiger partial charge in [-0.15, -0.1) is 0 Å². The van der Waals surface area contributed by atoms with E-state index in [9.17, 15) is 33.6 Å². The number of ether oxygens (including phenoxy) is 6. The van der Waals surface area contributed by atoms with Crippen molar-refractivity contribution in [3.8, 4) is 28.7 Å². The van der Waals surface area contributed by atoms with Crippen LogP contribution in [0.5, 0.6) is 28.7 Å². The van der Waals surface area contributed by atoms with Crippen molar-refractivity contribution in [2.24, 2.45) is 5.92 Å². The zero-order valence-electron chi connectivity index (χ0n) is 81.1. The van der Waals surface area contributed by atoms with Crippen LogP contribution in [0.2, 0.25) is 35.2 Å². The number of benzene rings is 12. The molecule has 0 aliphatic carbocycles. The molecule has 0 saturated carbocycles. The summed E-state index contributed by atoms with van der Waals surface area (Å²) >= 11 is 43.1. The normalized spacial score (nSPS) is 15.1. The standard InChI is InChI=1S/C29H30ClN3O3.C28H26Cl2N4O3.C28H25Cl2N3O4.C28H25Cl2N3O3/c1-32(2)16-6-18-35-22-12-9-20(10-13-22)28-27-24(25-19-21(30)11-14-26(25)31-27)15-17-33(28)29(34)36-23-7-4-3-5-8-23;1-33(2)16-25(35)31-20-8-3-17(4-9-20)27-26-22(23-15-19(30)7-12-24(23)32-26)13-14-34(27)28(36)37-21-10-5-18(29)6-11-21;1-16(2)36-27(34)31-20-8-3-17(4-9-20)26-25-22(23-15-19(30)7-12-24(23)32-25)13-14-33(26)28(35)37-21-10-5-18(29)6-11-21;1-16(2)27(34)31-20-8-3-17(4-9-20)26-25-22(23-15-19(30)7-12-24(23)32-25)13-14-33(26)28(35)36-21-10-5-18(29)6-11-21/h3-5,7-14,19,28,31H,6,15-18H2,1-2H3;3-12,15,27,32H,13-14,16H2,1-2H3,(H,31,35);3-12,15-16,26,32H,13-14H2,1-2H3,(H,31,34);3-12,15-16,26,32H,13-14H2,1-2H3,(H,31,34). The second-order valence-corrected chi connectivity index (χ2v) is 39.9. The lowest BCUT2D eigenvalue weighted by Crippen LogP contribution is -2.42. The molecule has 0 saturated heterocycles. The highest BCUT2D eigenvalue weighted by Crippen LogP contribution is 2.47. The molecule has 0 fully saturated rings. The number of aromatic nitrogens is 4. The van der Waals surface area contributed by atoms with E-state index in [-0.39, 0.29) is 42.5 Å². The summed E-state index contributed by atoms with van der Waals surface area (Å²) in [7, 11) is 7.79. The van der Waals surface area contributed by atoms with E-state index in [4.69, 9.17) is 110 Å². The van der Waals surface area contributed by atoms with Crippen molar-refractivity contribution in [3.05, 3.63) is 375 Å². The molecule has 4 aliphatic rings. The van der Waals surface area contributed by atoms with Crippen molar-refractivity contribution >= 4 is 184 Å². The Morgan fingerprint density at radius 1 is 0.342 bits per heavy atom. The molecule has 4 aliphatic heterocycles. The SMILES string of the molecule is CC(C)C(=O)Nc1ccc(C2c3[nH]c4ccc(Cl)cc4c3CCN2C(=O)Oc2ccc(Cl)cc2)cc1.CC(C)OC(=O)Nc1ccc(C2c3[nH]c4ccc(Cl)cc4c3CCN2C(=O)Oc2ccc(Cl)cc2)cc1.CN(C)CC(=O)Nc1ccc(C2c3[nH]c4ccc(Cl)cc4c3CCN2C(=O)Oc2ccc(Cl)cc2)cc1.CN(C)CCCOc1ccc(C2c3[nH]c4ccc(Cl)cc4c3CCN2C(=O)Oc2ccccc2)cc1. The van der Waals surface area contributed by atoms with Crippen LogP contribution in [0.25, 0.3) is 43.6 Å². The summed E-state index contributed by atoms with van der Waals surface area (Å²) in [4.78, 5) is 115. The number of nitrogens with one attached hydrogen (secondary N) is 7. The maximum Gasteiger partial charge on any atom is 0.416 e. The minimum absolute atomic E-state index is 0.0524. The lowest BCUT2D eigenvalue weighted by Gasteiger charge is -2.35. The number of carbonyl (C=O) groups is 7. The van der Waals surface area contributed by atoms with Crippen molar-refractivity contribution in [2.75, 3.05) is 90.0 Å². The predicted octanol–water partition coefficient (Wildman–Crippen LogP) is 27.2. The first-order valence-corrected chi connectivity index (χ1v) is 50.4. The Labute approximate surface area is 879 Å². The lowest BCUT2D eigenvalue weighted by molar-refractivity contribution is -0.119. The summed E-state index contributed by atoms with van der Waals surface area (Å²) in [6.45, 7) is 11.1. The monoisotopic (exact) mass is 2100 g/mol. The molecule has 4 unspecified atom stereocenters. The zero-order chi connectivity index (χ0) is 103. The van der Waals surface area contributed by atoms with E-state index in [0.717, 1.165) is 124 Å². The lowest BCUT2D eigenvalue weighted by atomic mass is 9.92. The van der Waals surface area contributed by atoms with Gasteiger partial charge in [-0.05, 0) is 325 Å². The summed E-state index contributed by atoms with van der Waals surface area (Å²) < 4.78 is 34.0. The van der Waals surface area contributed by atoms with Crippen LogP contribution in [0.15, 0.2) is 273 Å². The summed E-state index contributed by atoms with van der Waals surface area (Å²) in [5.41, 5.74) is 17.7.